The average molecular weight is 449 g/mol. The van der Waals surface area contributed by atoms with Gasteiger partial charge in [0.15, 0.2) is 0 Å². The van der Waals surface area contributed by atoms with Crippen molar-refractivity contribution in [2.24, 2.45) is 0 Å². The zero-order chi connectivity index (χ0) is 20.0. The van der Waals surface area contributed by atoms with Crippen molar-refractivity contribution in [2.75, 3.05) is 0 Å². The minimum absolute atomic E-state index is 0.145. The molecule has 0 spiro atoms. The second kappa shape index (κ2) is 6.01. The van der Waals surface area contributed by atoms with Gasteiger partial charge in [-0.25, -0.2) is 0 Å². The molecule has 3 saturated heterocycles. The Kier molecular flexibility index (Phi) is 5.48. The zero-order valence-electron chi connectivity index (χ0n) is 19.8. The van der Waals surface area contributed by atoms with E-state index in [0.29, 0.717) is 10.6 Å². The Morgan fingerprint density at radius 1 is 0.520 bits per heavy atom. The second-order valence-corrected chi connectivity index (χ2v) is 30.7. The summed E-state index contributed by atoms with van der Waals surface area (Å²) in [6, 6.07) is 0. The first-order chi connectivity index (χ1) is 11.0. The Morgan fingerprint density at radius 2 is 0.720 bits per heavy atom. The summed E-state index contributed by atoms with van der Waals surface area (Å²) in [6.45, 7) is 37.1. The van der Waals surface area contributed by atoms with Crippen molar-refractivity contribution in [3.63, 3.8) is 0 Å². The first-order valence-electron chi connectivity index (χ1n) is 10.7. The van der Waals surface area contributed by atoms with E-state index in [-0.39, 0.29) is 8.79 Å². The molecule has 3 heterocycles. The summed E-state index contributed by atoms with van der Waals surface area (Å²) < 4.78 is -0.290. The summed E-state index contributed by atoms with van der Waals surface area (Å²) in [6.07, 6.45) is 0. The number of rotatable bonds is 4. The number of hydrogen-bond donors (Lipinski definition) is 0. The predicted molar refractivity (Wildman–Crippen MR) is 131 cm³/mol. The van der Waals surface area contributed by atoms with Crippen LogP contribution < -0.4 is 0 Å². The van der Waals surface area contributed by atoms with Gasteiger partial charge in [-0.1, -0.05) is 0 Å². The normalized spacial score (nSPS) is 33.8. The van der Waals surface area contributed by atoms with Gasteiger partial charge in [0.05, 0.1) is 0 Å². The van der Waals surface area contributed by atoms with Gasteiger partial charge in [0, 0.05) is 0 Å². The van der Waals surface area contributed by atoms with Crippen LogP contribution in [0.25, 0.3) is 0 Å². The molecule has 5 heteroatoms. The SMILES string of the molecule is CC(C)[P+]1(C(C)C)[B-]2(C(C)(C)C)[Se][B-]1(C(C)(C)C)[P+]2(C(C)C)C(C)C. The molecule has 0 N–H and O–H groups in total. The Labute approximate surface area is 167 Å². The molecular formula is C20H46B2P2Se. The van der Waals surface area contributed by atoms with Gasteiger partial charge in [0.2, 0.25) is 0 Å². The third-order valence-corrected chi connectivity index (χ3v) is 44.8. The van der Waals surface area contributed by atoms with E-state index >= 15 is 0 Å². The maximum atomic E-state index is 2.66. The summed E-state index contributed by atoms with van der Waals surface area (Å²) in [4.78, 5) is 0. The van der Waals surface area contributed by atoms with Crippen molar-refractivity contribution >= 4 is 37.4 Å². The van der Waals surface area contributed by atoms with Crippen LogP contribution in [-0.2, 0) is 0 Å². The van der Waals surface area contributed by atoms with Gasteiger partial charge in [-0.2, -0.15) is 0 Å². The summed E-state index contributed by atoms with van der Waals surface area (Å²) >= 11 is 0.932. The van der Waals surface area contributed by atoms with Gasteiger partial charge in [-0.15, -0.1) is 0 Å². The van der Waals surface area contributed by atoms with Gasteiger partial charge in [0.25, 0.3) is 0 Å². The van der Waals surface area contributed by atoms with Crippen LogP contribution in [0.2, 0.25) is 10.6 Å². The van der Waals surface area contributed by atoms with E-state index < -0.39 is 14.0 Å². The summed E-state index contributed by atoms with van der Waals surface area (Å²) in [5, 5.41) is 1.08. The fourth-order valence-corrected chi connectivity index (χ4v) is 67.6. The third kappa shape index (κ3) is 1.93. The van der Waals surface area contributed by atoms with E-state index in [4.69, 9.17) is 0 Å². The van der Waals surface area contributed by atoms with E-state index in [1.807, 2.05) is 0 Å². The van der Waals surface area contributed by atoms with Crippen molar-refractivity contribution in [2.45, 2.75) is 130 Å². The molecule has 3 rings (SSSR count). The summed E-state index contributed by atoms with van der Waals surface area (Å²) in [5.74, 6) is 0. The van der Waals surface area contributed by atoms with Crippen molar-refractivity contribution < 1.29 is 0 Å². The van der Waals surface area contributed by atoms with Gasteiger partial charge in [-0.3, -0.25) is 0 Å². The molecule has 0 aromatic heterocycles. The average Bonchev–Trinajstić information content (AvgIpc) is 2.18. The monoisotopic (exact) mass is 450 g/mol. The van der Waals surface area contributed by atoms with E-state index in [2.05, 4.69) is 96.9 Å². The fraction of sp³-hybridized carbons (Fsp3) is 1.00. The quantitative estimate of drug-likeness (QED) is 0.303. The molecule has 0 aliphatic carbocycles. The molecule has 0 amide bonds. The van der Waals surface area contributed by atoms with Crippen LogP contribution in [0.3, 0.4) is 0 Å². The van der Waals surface area contributed by atoms with Crippen molar-refractivity contribution in [1.29, 1.82) is 0 Å². The Hall–Kier alpha value is 1.51. The molecule has 3 aliphatic rings. The molecule has 0 aromatic rings. The van der Waals surface area contributed by atoms with Gasteiger partial charge >= 0.3 is 168 Å². The topological polar surface area (TPSA) is 0 Å². The van der Waals surface area contributed by atoms with Gasteiger partial charge in [0.1, 0.15) is 0 Å². The Balaban J connectivity index is 2.98. The van der Waals surface area contributed by atoms with Gasteiger partial charge < -0.3 is 0 Å². The molecule has 0 unspecified atom stereocenters. The van der Waals surface area contributed by atoms with Crippen molar-refractivity contribution in [1.82, 2.24) is 0 Å². The van der Waals surface area contributed by atoms with Crippen LogP contribution in [0, 0.1) is 0 Å². The Bertz CT molecular complexity index is 465. The molecule has 0 radical (unpaired) electrons. The molecule has 0 atom stereocenters. The van der Waals surface area contributed by atoms with E-state index in [1.54, 1.807) is 0 Å². The predicted octanol–water partition coefficient (Wildman–Crippen LogP) is 7.86. The van der Waals surface area contributed by atoms with Crippen LogP contribution in [0.15, 0.2) is 0 Å². The summed E-state index contributed by atoms with van der Waals surface area (Å²) in [5.41, 5.74) is 3.75. The first-order valence-corrected chi connectivity index (χ1v) is 16.8. The maximum absolute atomic E-state index is 2.66. The third-order valence-electron chi connectivity index (χ3n) is 8.64. The van der Waals surface area contributed by atoms with Crippen LogP contribution in [0.5, 0.6) is 0 Å². The first kappa shape index (κ1) is 22.8. The molecule has 3 fully saturated rings. The molecule has 0 aromatic carbocycles. The van der Waals surface area contributed by atoms with E-state index in [0.717, 1.165) is 37.2 Å². The molecular weight excluding hydrogens is 403 g/mol. The minimum atomic E-state index is -0.940. The van der Waals surface area contributed by atoms with Crippen LogP contribution in [0.4, 0.5) is 0 Å². The molecule has 0 nitrogen and oxygen atoms in total. The van der Waals surface area contributed by atoms with Crippen LogP contribution in [0.1, 0.15) is 96.9 Å². The van der Waals surface area contributed by atoms with Gasteiger partial charge in [-0.05, 0) is 0 Å². The summed E-state index contributed by atoms with van der Waals surface area (Å²) in [7, 11) is -1.88. The molecule has 3 aliphatic heterocycles. The second-order valence-electron chi connectivity index (χ2n) is 12.4. The molecule has 148 valence electrons. The molecule has 25 heavy (non-hydrogen) atoms. The van der Waals surface area contributed by atoms with Crippen molar-refractivity contribution in [3.8, 4) is 0 Å². The Morgan fingerprint density at radius 3 is 0.840 bits per heavy atom. The molecule has 2 bridgehead atoms. The number of hydrogen-bond acceptors (Lipinski definition) is 0. The molecule has 0 saturated carbocycles. The zero-order valence-corrected chi connectivity index (χ0v) is 23.3. The van der Waals surface area contributed by atoms with Crippen molar-refractivity contribution in [3.05, 3.63) is 0 Å². The standard InChI is InChI=1S/C20H46B2P2Se/c1-15(2)23(16(3)4)21(19(9,10)11)24(17(5)6,18(7)8)22(23,25-21)20(12,13)14/h15-18H,1-14H3. The van der Waals surface area contributed by atoms with E-state index in [1.165, 1.54) is 0 Å². The fourth-order valence-electron chi connectivity index (χ4n) is 9.25. The van der Waals surface area contributed by atoms with E-state index in [9.17, 15) is 0 Å². The van der Waals surface area contributed by atoms with Crippen LogP contribution in [-0.4, -0.2) is 46.0 Å². The van der Waals surface area contributed by atoms with Crippen LogP contribution >= 0.6 is 14.0 Å².